The second kappa shape index (κ2) is 4.82. The van der Waals surface area contributed by atoms with Crippen LogP contribution >= 0.6 is 15.9 Å². The third kappa shape index (κ3) is 2.33. The van der Waals surface area contributed by atoms with Gasteiger partial charge in [-0.15, -0.1) is 0 Å². The van der Waals surface area contributed by atoms with Crippen molar-refractivity contribution in [3.8, 4) is 0 Å². The molecular formula is C15H15BrN2. The van der Waals surface area contributed by atoms with Crippen LogP contribution in [0.4, 0.5) is 0 Å². The zero-order chi connectivity index (χ0) is 12.5. The van der Waals surface area contributed by atoms with Crippen LogP contribution in [0.1, 0.15) is 29.5 Å². The summed E-state index contributed by atoms with van der Waals surface area (Å²) in [5.74, 6) is 1.16. The van der Waals surface area contributed by atoms with Crippen LogP contribution in [0.2, 0.25) is 0 Å². The van der Waals surface area contributed by atoms with E-state index in [9.17, 15) is 0 Å². The average Bonchev–Trinajstić information content (AvgIpc) is 3.19. The summed E-state index contributed by atoms with van der Waals surface area (Å²) in [4.78, 5) is 4.19. The standard InChI is InChI=1S/C15H15BrN2/c16-12-6-11(8-18-9-12)15(17)14-7-13(14)10-4-2-1-3-5-10/h1-6,8-9,13-15H,7,17H2. The Labute approximate surface area is 115 Å². The van der Waals surface area contributed by atoms with Gasteiger partial charge in [-0.2, -0.15) is 0 Å². The fraction of sp³-hybridized carbons (Fsp3) is 0.267. The topological polar surface area (TPSA) is 38.9 Å². The van der Waals surface area contributed by atoms with Gasteiger partial charge in [0.15, 0.2) is 0 Å². The predicted octanol–water partition coefficient (Wildman–Crippen LogP) is 3.65. The van der Waals surface area contributed by atoms with Crippen molar-refractivity contribution in [3.05, 3.63) is 64.4 Å². The minimum Gasteiger partial charge on any atom is -0.324 e. The van der Waals surface area contributed by atoms with Crippen LogP contribution in [-0.4, -0.2) is 4.98 Å². The Morgan fingerprint density at radius 2 is 2.00 bits per heavy atom. The average molecular weight is 303 g/mol. The first-order chi connectivity index (χ1) is 8.75. The van der Waals surface area contributed by atoms with Gasteiger partial charge in [0.05, 0.1) is 0 Å². The van der Waals surface area contributed by atoms with Crippen LogP contribution < -0.4 is 5.73 Å². The first-order valence-electron chi connectivity index (χ1n) is 6.16. The molecule has 0 amide bonds. The molecule has 1 aliphatic rings. The lowest BCUT2D eigenvalue weighted by Crippen LogP contribution is -2.13. The van der Waals surface area contributed by atoms with Crippen molar-refractivity contribution in [1.82, 2.24) is 4.98 Å². The van der Waals surface area contributed by atoms with Gasteiger partial charge in [-0.25, -0.2) is 0 Å². The number of rotatable bonds is 3. The molecule has 0 aliphatic heterocycles. The summed E-state index contributed by atoms with van der Waals surface area (Å²) in [6, 6.07) is 12.8. The van der Waals surface area contributed by atoms with E-state index in [0.29, 0.717) is 11.8 Å². The lowest BCUT2D eigenvalue weighted by molar-refractivity contribution is 0.613. The second-order valence-corrected chi connectivity index (χ2v) is 5.79. The molecule has 3 unspecified atom stereocenters. The van der Waals surface area contributed by atoms with E-state index < -0.39 is 0 Å². The Bertz CT molecular complexity index is 541. The molecular weight excluding hydrogens is 288 g/mol. The van der Waals surface area contributed by atoms with E-state index in [1.54, 1.807) is 6.20 Å². The molecule has 1 aliphatic carbocycles. The van der Waals surface area contributed by atoms with Crippen LogP contribution in [-0.2, 0) is 0 Å². The van der Waals surface area contributed by atoms with Crippen LogP contribution in [0.3, 0.4) is 0 Å². The molecule has 2 nitrogen and oxygen atoms in total. The van der Waals surface area contributed by atoms with Gasteiger partial charge >= 0.3 is 0 Å². The zero-order valence-corrected chi connectivity index (χ0v) is 11.5. The lowest BCUT2D eigenvalue weighted by atomic mass is 10.0. The molecule has 1 heterocycles. The fourth-order valence-electron chi connectivity index (χ4n) is 2.55. The molecule has 3 atom stereocenters. The van der Waals surface area contributed by atoms with Crippen LogP contribution in [0.5, 0.6) is 0 Å². The van der Waals surface area contributed by atoms with Crippen molar-refractivity contribution in [1.29, 1.82) is 0 Å². The van der Waals surface area contributed by atoms with Gasteiger partial charge in [0, 0.05) is 22.9 Å². The van der Waals surface area contributed by atoms with Gasteiger partial charge in [0.25, 0.3) is 0 Å². The number of pyridine rings is 1. The van der Waals surface area contributed by atoms with E-state index in [0.717, 1.165) is 10.0 Å². The summed E-state index contributed by atoms with van der Waals surface area (Å²) in [7, 11) is 0. The predicted molar refractivity (Wildman–Crippen MR) is 76.2 cm³/mol. The molecule has 1 fully saturated rings. The van der Waals surface area contributed by atoms with Crippen molar-refractivity contribution < 1.29 is 0 Å². The van der Waals surface area contributed by atoms with Crippen LogP contribution in [0.25, 0.3) is 0 Å². The molecule has 1 aromatic heterocycles. The maximum Gasteiger partial charge on any atom is 0.0410 e. The molecule has 18 heavy (non-hydrogen) atoms. The third-order valence-electron chi connectivity index (χ3n) is 3.64. The third-order valence-corrected chi connectivity index (χ3v) is 4.07. The molecule has 3 heteroatoms. The molecule has 2 aromatic rings. The highest BCUT2D eigenvalue weighted by Crippen LogP contribution is 2.53. The summed E-state index contributed by atoms with van der Waals surface area (Å²) in [6.45, 7) is 0. The van der Waals surface area contributed by atoms with Crippen molar-refractivity contribution in [2.45, 2.75) is 18.4 Å². The van der Waals surface area contributed by atoms with Gasteiger partial charge in [-0.1, -0.05) is 30.3 Å². The minimum atomic E-state index is 0.0835. The van der Waals surface area contributed by atoms with E-state index in [-0.39, 0.29) is 6.04 Å². The maximum atomic E-state index is 6.34. The summed E-state index contributed by atoms with van der Waals surface area (Å²) in [6.07, 6.45) is 4.84. The van der Waals surface area contributed by atoms with Crippen molar-refractivity contribution in [3.63, 3.8) is 0 Å². The lowest BCUT2D eigenvalue weighted by Gasteiger charge is -2.11. The Hall–Kier alpha value is -1.19. The highest BCUT2D eigenvalue weighted by molar-refractivity contribution is 9.10. The minimum absolute atomic E-state index is 0.0835. The highest BCUT2D eigenvalue weighted by Gasteiger charge is 2.42. The molecule has 92 valence electrons. The quantitative estimate of drug-likeness (QED) is 0.940. The number of benzene rings is 1. The highest BCUT2D eigenvalue weighted by atomic mass is 79.9. The number of halogens is 1. The van der Waals surface area contributed by atoms with E-state index in [4.69, 9.17) is 5.73 Å². The molecule has 0 spiro atoms. The SMILES string of the molecule is NC(c1cncc(Br)c1)C1CC1c1ccccc1. The van der Waals surface area contributed by atoms with Gasteiger partial charge < -0.3 is 5.73 Å². The number of hydrogen-bond donors (Lipinski definition) is 1. The molecule has 1 aromatic carbocycles. The van der Waals surface area contributed by atoms with Gasteiger partial charge in [0.1, 0.15) is 0 Å². The molecule has 3 rings (SSSR count). The molecule has 0 radical (unpaired) electrons. The Balaban J connectivity index is 1.75. The van der Waals surface area contributed by atoms with Gasteiger partial charge in [-0.05, 0) is 51.4 Å². The molecule has 0 bridgehead atoms. The summed E-state index contributed by atoms with van der Waals surface area (Å²) >= 11 is 3.44. The van der Waals surface area contributed by atoms with Gasteiger partial charge in [0.2, 0.25) is 0 Å². The molecule has 0 saturated heterocycles. The summed E-state index contributed by atoms with van der Waals surface area (Å²) in [5, 5.41) is 0. The molecule has 2 N–H and O–H groups in total. The van der Waals surface area contributed by atoms with Crippen LogP contribution in [0.15, 0.2) is 53.3 Å². The number of aromatic nitrogens is 1. The molecule has 1 saturated carbocycles. The van der Waals surface area contributed by atoms with E-state index >= 15 is 0 Å². The Morgan fingerprint density at radius 1 is 1.22 bits per heavy atom. The zero-order valence-electron chi connectivity index (χ0n) is 9.96. The monoisotopic (exact) mass is 302 g/mol. The fourth-order valence-corrected chi connectivity index (χ4v) is 2.94. The van der Waals surface area contributed by atoms with Crippen molar-refractivity contribution in [2.24, 2.45) is 11.7 Å². The number of nitrogens with two attached hydrogens (primary N) is 1. The van der Waals surface area contributed by atoms with Gasteiger partial charge in [-0.3, -0.25) is 4.98 Å². The van der Waals surface area contributed by atoms with Crippen molar-refractivity contribution >= 4 is 15.9 Å². The normalized spacial score (nSPS) is 23.7. The smallest absolute Gasteiger partial charge is 0.0410 e. The van der Waals surface area contributed by atoms with E-state index in [2.05, 4.69) is 57.3 Å². The van der Waals surface area contributed by atoms with Crippen LogP contribution in [0, 0.1) is 5.92 Å². The first kappa shape index (κ1) is 11.9. The number of nitrogens with zero attached hydrogens (tertiary/aromatic N) is 1. The van der Waals surface area contributed by atoms with E-state index in [1.165, 1.54) is 12.0 Å². The Morgan fingerprint density at radius 3 is 2.72 bits per heavy atom. The maximum absolute atomic E-state index is 6.34. The largest absolute Gasteiger partial charge is 0.324 e. The summed E-state index contributed by atoms with van der Waals surface area (Å²) in [5.41, 5.74) is 8.86. The number of hydrogen-bond acceptors (Lipinski definition) is 2. The summed E-state index contributed by atoms with van der Waals surface area (Å²) < 4.78 is 0.993. The second-order valence-electron chi connectivity index (χ2n) is 4.88. The Kier molecular flexibility index (Phi) is 3.18. The van der Waals surface area contributed by atoms with E-state index in [1.807, 2.05) is 6.20 Å². The van der Waals surface area contributed by atoms with Crippen molar-refractivity contribution in [2.75, 3.05) is 0 Å². The first-order valence-corrected chi connectivity index (χ1v) is 6.96.